The van der Waals surface area contributed by atoms with Crippen LogP contribution in [0.3, 0.4) is 0 Å². The molecule has 2 atom stereocenters. The Labute approximate surface area is 94.4 Å². The molecule has 0 aliphatic carbocycles. The molecule has 3 heterocycles. The first-order valence-corrected chi connectivity index (χ1v) is 6.02. The smallest absolute Gasteiger partial charge is 0.156 e. The first-order valence-electron chi connectivity index (χ1n) is 6.02. The fourth-order valence-electron chi connectivity index (χ4n) is 2.43. The molecule has 5 heteroatoms. The van der Waals surface area contributed by atoms with Crippen molar-refractivity contribution in [2.75, 3.05) is 13.2 Å². The van der Waals surface area contributed by atoms with Crippen LogP contribution in [-0.4, -0.2) is 39.2 Å². The summed E-state index contributed by atoms with van der Waals surface area (Å²) in [5.74, 6) is 2.28. The summed E-state index contributed by atoms with van der Waals surface area (Å²) in [5, 5.41) is 14.1. The number of aromatic nitrogens is 3. The van der Waals surface area contributed by atoms with Gasteiger partial charge in [0.2, 0.25) is 0 Å². The van der Waals surface area contributed by atoms with Gasteiger partial charge in [-0.05, 0) is 19.3 Å². The molecule has 0 saturated carbocycles. The van der Waals surface area contributed by atoms with Crippen LogP contribution in [0.4, 0.5) is 0 Å². The Morgan fingerprint density at radius 2 is 2.31 bits per heavy atom. The number of aliphatic hydroxyl groups excluding tert-OH is 1. The van der Waals surface area contributed by atoms with Gasteiger partial charge in [0.15, 0.2) is 5.82 Å². The van der Waals surface area contributed by atoms with Gasteiger partial charge in [-0.2, -0.15) is 5.10 Å². The molecular formula is C11H17N3O2. The largest absolute Gasteiger partial charge is 0.391 e. The number of aryl methyl sites for hydroxylation is 1. The van der Waals surface area contributed by atoms with Crippen molar-refractivity contribution >= 4 is 0 Å². The lowest BCUT2D eigenvalue weighted by molar-refractivity contribution is 0.0778. The van der Waals surface area contributed by atoms with Crippen molar-refractivity contribution in [2.24, 2.45) is 0 Å². The van der Waals surface area contributed by atoms with Crippen LogP contribution in [0.1, 0.15) is 36.8 Å². The fraction of sp³-hybridized carbons (Fsp3) is 0.818. The van der Waals surface area contributed by atoms with Gasteiger partial charge in [-0.25, -0.2) is 9.67 Å². The van der Waals surface area contributed by atoms with E-state index in [1.54, 1.807) is 0 Å². The van der Waals surface area contributed by atoms with Crippen molar-refractivity contribution in [3.63, 3.8) is 0 Å². The number of aliphatic hydroxyl groups is 1. The van der Waals surface area contributed by atoms with Gasteiger partial charge in [0, 0.05) is 18.9 Å². The minimum absolute atomic E-state index is 0.260. The van der Waals surface area contributed by atoms with Crippen molar-refractivity contribution in [1.29, 1.82) is 0 Å². The molecule has 2 aliphatic rings. The van der Waals surface area contributed by atoms with Gasteiger partial charge in [-0.15, -0.1) is 0 Å². The molecule has 5 nitrogen and oxygen atoms in total. The predicted molar refractivity (Wildman–Crippen MR) is 57.1 cm³/mol. The van der Waals surface area contributed by atoms with Gasteiger partial charge < -0.3 is 9.84 Å². The molecule has 1 aromatic rings. The average molecular weight is 223 g/mol. The van der Waals surface area contributed by atoms with Crippen LogP contribution in [0.25, 0.3) is 0 Å². The van der Waals surface area contributed by atoms with Gasteiger partial charge >= 0.3 is 0 Å². The summed E-state index contributed by atoms with van der Waals surface area (Å²) in [6.07, 6.45) is 3.59. The zero-order valence-corrected chi connectivity index (χ0v) is 9.30. The Balaban J connectivity index is 1.80. The minimum Gasteiger partial charge on any atom is -0.391 e. The molecule has 0 bridgehead atoms. The van der Waals surface area contributed by atoms with Gasteiger partial charge in [-0.1, -0.05) is 0 Å². The summed E-state index contributed by atoms with van der Waals surface area (Å²) < 4.78 is 7.31. The maximum absolute atomic E-state index is 9.56. The Hall–Kier alpha value is -0.940. The lowest BCUT2D eigenvalue weighted by atomic mass is 10.0. The highest BCUT2D eigenvalue weighted by Gasteiger charge is 2.25. The quantitative estimate of drug-likeness (QED) is 0.752. The fourth-order valence-corrected chi connectivity index (χ4v) is 2.43. The van der Waals surface area contributed by atoms with Crippen molar-refractivity contribution in [2.45, 2.75) is 44.2 Å². The number of fused-ring (bicyclic) bond motifs is 1. The highest BCUT2D eigenvalue weighted by molar-refractivity contribution is 5.02. The van der Waals surface area contributed by atoms with E-state index in [-0.39, 0.29) is 6.10 Å². The van der Waals surface area contributed by atoms with Crippen LogP contribution in [0.2, 0.25) is 0 Å². The second-order valence-electron chi connectivity index (χ2n) is 4.67. The molecular weight excluding hydrogens is 206 g/mol. The number of hydrogen-bond acceptors (Lipinski definition) is 4. The molecule has 0 radical (unpaired) electrons. The van der Waals surface area contributed by atoms with Crippen LogP contribution in [0.15, 0.2) is 0 Å². The third-order valence-electron chi connectivity index (χ3n) is 3.38. The van der Waals surface area contributed by atoms with Crippen molar-refractivity contribution < 1.29 is 9.84 Å². The van der Waals surface area contributed by atoms with Crippen LogP contribution in [-0.2, 0) is 17.7 Å². The highest BCUT2D eigenvalue weighted by atomic mass is 16.5. The molecule has 0 aromatic carbocycles. The number of nitrogens with zero attached hydrogens (tertiary/aromatic N) is 3. The molecule has 1 fully saturated rings. The van der Waals surface area contributed by atoms with Crippen LogP contribution < -0.4 is 0 Å². The molecule has 1 saturated heterocycles. The summed E-state index contributed by atoms with van der Waals surface area (Å²) in [6.45, 7) is 2.20. The monoisotopic (exact) mass is 223 g/mol. The standard InChI is InChI=1S/C11H17N3O2/c15-9-3-4-10-12-11(13-14(10)6-9)8-2-1-5-16-7-8/h8-9,15H,1-7H2. The van der Waals surface area contributed by atoms with E-state index in [4.69, 9.17) is 4.74 Å². The van der Waals surface area contributed by atoms with Crippen LogP contribution in [0, 0.1) is 0 Å². The van der Waals surface area contributed by atoms with Gasteiger partial charge in [0.05, 0.1) is 19.3 Å². The summed E-state index contributed by atoms with van der Waals surface area (Å²) in [7, 11) is 0. The molecule has 1 N–H and O–H groups in total. The summed E-state index contributed by atoms with van der Waals surface area (Å²) in [4.78, 5) is 4.57. The Kier molecular flexibility index (Phi) is 2.65. The SMILES string of the molecule is OC1CCc2nc(C3CCCOC3)nn2C1. The van der Waals surface area contributed by atoms with E-state index in [1.165, 1.54) is 0 Å². The number of rotatable bonds is 1. The molecule has 88 valence electrons. The predicted octanol–water partition coefficient (Wildman–Crippen LogP) is 0.479. The number of ether oxygens (including phenoxy) is 1. The zero-order chi connectivity index (χ0) is 11.0. The van der Waals surface area contributed by atoms with E-state index >= 15 is 0 Å². The molecule has 2 unspecified atom stereocenters. The van der Waals surface area contributed by atoms with E-state index in [0.717, 1.165) is 50.5 Å². The second-order valence-corrected chi connectivity index (χ2v) is 4.67. The zero-order valence-electron chi connectivity index (χ0n) is 9.30. The summed E-state index contributed by atoms with van der Waals surface area (Å²) >= 11 is 0. The maximum atomic E-state index is 9.56. The van der Waals surface area contributed by atoms with Crippen LogP contribution in [0.5, 0.6) is 0 Å². The maximum Gasteiger partial charge on any atom is 0.156 e. The summed E-state index contributed by atoms with van der Waals surface area (Å²) in [5.41, 5.74) is 0. The first kappa shape index (κ1) is 10.2. The molecule has 0 amide bonds. The number of hydrogen-bond donors (Lipinski definition) is 1. The lowest BCUT2D eigenvalue weighted by Crippen LogP contribution is -2.25. The van der Waals surface area contributed by atoms with Gasteiger partial charge in [0.1, 0.15) is 5.82 Å². The van der Waals surface area contributed by atoms with Gasteiger partial charge in [-0.3, -0.25) is 0 Å². The normalized spacial score (nSPS) is 30.1. The first-order chi connectivity index (χ1) is 7.83. The highest BCUT2D eigenvalue weighted by Crippen LogP contribution is 2.24. The third kappa shape index (κ3) is 1.85. The van der Waals surface area contributed by atoms with E-state index in [2.05, 4.69) is 10.1 Å². The summed E-state index contributed by atoms with van der Waals surface area (Å²) in [6, 6.07) is 0. The molecule has 1 aromatic heterocycles. The van der Waals surface area contributed by atoms with Crippen molar-refractivity contribution in [3.8, 4) is 0 Å². The topological polar surface area (TPSA) is 60.2 Å². The third-order valence-corrected chi connectivity index (χ3v) is 3.38. The molecule has 0 spiro atoms. The van der Waals surface area contributed by atoms with Crippen molar-refractivity contribution in [1.82, 2.24) is 14.8 Å². The van der Waals surface area contributed by atoms with E-state index < -0.39 is 0 Å². The average Bonchev–Trinajstić information content (AvgIpc) is 2.73. The molecule has 16 heavy (non-hydrogen) atoms. The molecule has 2 aliphatic heterocycles. The Morgan fingerprint density at radius 3 is 3.12 bits per heavy atom. The molecule has 3 rings (SSSR count). The van der Waals surface area contributed by atoms with E-state index in [9.17, 15) is 5.11 Å². The van der Waals surface area contributed by atoms with E-state index in [1.807, 2.05) is 4.68 Å². The van der Waals surface area contributed by atoms with Crippen LogP contribution >= 0.6 is 0 Å². The second kappa shape index (κ2) is 4.14. The van der Waals surface area contributed by atoms with Gasteiger partial charge in [0.25, 0.3) is 0 Å². The Morgan fingerprint density at radius 1 is 1.38 bits per heavy atom. The lowest BCUT2D eigenvalue weighted by Gasteiger charge is -2.19. The Bertz CT molecular complexity index is 371. The van der Waals surface area contributed by atoms with Crippen molar-refractivity contribution in [3.05, 3.63) is 11.6 Å². The minimum atomic E-state index is -0.260. The van der Waals surface area contributed by atoms with E-state index in [0.29, 0.717) is 12.5 Å².